The fourth-order valence-electron chi connectivity index (χ4n) is 1.17. The fourth-order valence-corrected chi connectivity index (χ4v) is 2.18. The molecule has 0 rings (SSSR count). The molecule has 0 aromatic heterocycles. The van der Waals surface area contributed by atoms with Gasteiger partial charge in [0.05, 0.1) is 6.04 Å². The quantitative estimate of drug-likeness (QED) is 0.637. The summed E-state index contributed by atoms with van der Waals surface area (Å²) in [5.41, 5.74) is 5.32. The topological polar surface area (TPSA) is 55.1 Å². The lowest BCUT2D eigenvalue weighted by Gasteiger charge is -2.15. The number of hydrogen-bond acceptors (Lipinski definition) is 3. The van der Waals surface area contributed by atoms with Crippen molar-refractivity contribution in [1.82, 2.24) is 5.32 Å². The third-order valence-corrected chi connectivity index (χ3v) is 3.74. The van der Waals surface area contributed by atoms with Crippen molar-refractivity contribution in [2.24, 2.45) is 5.73 Å². The maximum atomic E-state index is 11.1. The Kier molecular flexibility index (Phi) is 8.91. The van der Waals surface area contributed by atoms with E-state index in [9.17, 15) is 4.79 Å². The summed E-state index contributed by atoms with van der Waals surface area (Å²) in [7, 11) is 0. The second-order valence-corrected chi connectivity index (χ2v) is 5.33. The van der Waals surface area contributed by atoms with Gasteiger partial charge in [0.25, 0.3) is 0 Å². The summed E-state index contributed by atoms with van der Waals surface area (Å²) in [4.78, 5) is 11.1. The van der Waals surface area contributed by atoms with Crippen molar-refractivity contribution >= 4 is 17.7 Å². The van der Waals surface area contributed by atoms with Crippen LogP contribution < -0.4 is 11.1 Å². The second-order valence-electron chi connectivity index (χ2n) is 3.79. The molecule has 3 nitrogen and oxygen atoms in total. The summed E-state index contributed by atoms with van der Waals surface area (Å²) in [6, 6.07) is -0.151. The van der Waals surface area contributed by atoms with Crippen molar-refractivity contribution in [2.75, 3.05) is 12.3 Å². The third kappa shape index (κ3) is 7.68. The van der Waals surface area contributed by atoms with E-state index in [1.807, 2.05) is 11.8 Å². The first-order valence-corrected chi connectivity index (χ1v) is 6.80. The van der Waals surface area contributed by atoms with Crippen LogP contribution in [0.15, 0.2) is 0 Å². The van der Waals surface area contributed by atoms with Crippen molar-refractivity contribution < 1.29 is 4.79 Å². The molecule has 0 aliphatic carbocycles. The smallest absolute Gasteiger partial charge is 0.234 e. The van der Waals surface area contributed by atoms with E-state index in [0.29, 0.717) is 5.25 Å². The number of nitrogens with two attached hydrogens (primary N) is 1. The van der Waals surface area contributed by atoms with Crippen molar-refractivity contribution in [3.8, 4) is 0 Å². The SMILES string of the molecule is CCCNC(CCSC(C)CC)C(N)=O. The maximum absolute atomic E-state index is 11.1. The molecule has 0 heterocycles. The zero-order valence-corrected chi connectivity index (χ0v) is 10.9. The molecular formula is C11H24N2OS. The first-order chi connectivity index (χ1) is 7.11. The Balaban J connectivity index is 3.71. The normalized spacial score (nSPS) is 14.9. The molecule has 1 amide bonds. The van der Waals surface area contributed by atoms with Crippen molar-refractivity contribution in [1.29, 1.82) is 0 Å². The molecule has 0 aliphatic rings. The molecule has 0 aliphatic heterocycles. The van der Waals surface area contributed by atoms with Crippen LogP contribution in [0.5, 0.6) is 0 Å². The molecule has 3 N–H and O–H groups in total. The largest absolute Gasteiger partial charge is 0.368 e. The fraction of sp³-hybridized carbons (Fsp3) is 0.909. The minimum Gasteiger partial charge on any atom is -0.368 e. The minimum absolute atomic E-state index is 0.151. The molecule has 2 atom stereocenters. The van der Waals surface area contributed by atoms with Crippen LogP contribution >= 0.6 is 11.8 Å². The van der Waals surface area contributed by atoms with Gasteiger partial charge in [-0.1, -0.05) is 20.8 Å². The number of nitrogens with one attached hydrogen (secondary N) is 1. The van der Waals surface area contributed by atoms with Crippen LogP contribution in [0.1, 0.15) is 40.0 Å². The molecule has 0 radical (unpaired) electrons. The van der Waals surface area contributed by atoms with Crippen molar-refractivity contribution in [3.05, 3.63) is 0 Å². The van der Waals surface area contributed by atoms with Crippen LogP contribution in [0.4, 0.5) is 0 Å². The highest BCUT2D eigenvalue weighted by Crippen LogP contribution is 2.15. The first kappa shape index (κ1) is 14.8. The van der Waals surface area contributed by atoms with E-state index in [1.165, 1.54) is 6.42 Å². The molecule has 0 aromatic rings. The van der Waals surface area contributed by atoms with E-state index in [2.05, 4.69) is 26.1 Å². The van der Waals surface area contributed by atoms with Crippen LogP contribution in [-0.4, -0.2) is 29.5 Å². The van der Waals surface area contributed by atoms with E-state index < -0.39 is 0 Å². The van der Waals surface area contributed by atoms with E-state index >= 15 is 0 Å². The van der Waals surface area contributed by atoms with Gasteiger partial charge in [-0.25, -0.2) is 0 Å². The zero-order valence-electron chi connectivity index (χ0n) is 10.1. The van der Waals surface area contributed by atoms with Gasteiger partial charge in [-0.05, 0) is 31.6 Å². The van der Waals surface area contributed by atoms with E-state index in [4.69, 9.17) is 5.73 Å². The highest BCUT2D eigenvalue weighted by Gasteiger charge is 2.13. The number of carbonyl (C=O) groups excluding carboxylic acids is 1. The molecule has 0 bridgehead atoms. The van der Waals surface area contributed by atoms with E-state index in [0.717, 1.165) is 25.1 Å². The molecule has 15 heavy (non-hydrogen) atoms. The van der Waals surface area contributed by atoms with Gasteiger partial charge in [0.15, 0.2) is 0 Å². The number of rotatable bonds is 9. The average molecular weight is 232 g/mol. The summed E-state index contributed by atoms with van der Waals surface area (Å²) in [5, 5.41) is 3.84. The Labute approximate surface area is 97.6 Å². The van der Waals surface area contributed by atoms with Crippen molar-refractivity contribution in [3.63, 3.8) is 0 Å². The Morgan fingerprint density at radius 1 is 1.47 bits per heavy atom. The van der Waals surface area contributed by atoms with Crippen LogP contribution in [0.2, 0.25) is 0 Å². The highest BCUT2D eigenvalue weighted by atomic mass is 32.2. The van der Waals surface area contributed by atoms with Gasteiger partial charge in [-0.15, -0.1) is 0 Å². The number of amides is 1. The Morgan fingerprint density at radius 3 is 2.60 bits per heavy atom. The van der Waals surface area contributed by atoms with Gasteiger partial charge in [0.2, 0.25) is 5.91 Å². The molecule has 0 aromatic carbocycles. The van der Waals surface area contributed by atoms with Gasteiger partial charge in [-0.2, -0.15) is 11.8 Å². The maximum Gasteiger partial charge on any atom is 0.234 e. The second kappa shape index (κ2) is 9.04. The van der Waals surface area contributed by atoms with Crippen molar-refractivity contribution in [2.45, 2.75) is 51.3 Å². The van der Waals surface area contributed by atoms with E-state index in [1.54, 1.807) is 0 Å². The van der Waals surface area contributed by atoms with Crippen LogP contribution in [0.25, 0.3) is 0 Å². The number of hydrogen-bond donors (Lipinski definition) is 2. The first-order valence-electron chi connectivity index (χ1n) is 5.76. The molecule has 90 valence electrons. The lowest BCUT2D eigenvalue weighted by atomic mass is 10.2. The zero-order chi connectivity index (χ0) is 11.7. The standard InChI is InChI=1S/C11H24N2OS/c1-4-7-13-10(11(12)14)6-8-15-9(3)5-2/h9-10,13H,4-8H2,1-3H3,(H2,12,14). The van der Waals surface area contributed by atoms with Crippen LogP contribution in [-0.2, 0) is 4.79 Å². The van der Waals surface area contributed by atoms with Gasteiger partial charge >= 0.3 is 0 Å². The third-order valence-electron chi connectivity index (χ3n) is 2.37. The molecular weight excluding hydrogens is 208 g/mol. The van der Waals surface area contributed by atoms with Gasteiger partial charge < -0.3 is 11.1 Å². The Morgan fingerprint density at radius 2 is 2.13 bits per heavy atom. The Bertz CT molecular complexity index is 176. The van der Waals surface area contributed by atoms with Crippen LogP contribution in [0, 0.1) is 0 Å². The summed E-state index contributed by atoms with van der Waals surface area (Å²) < 4.78 is 0. The lowest BCUT2D eigenvalue weighted by molar-refractivity contribution is -0.120. The molecule has 0 fully saturated rings. The number of carbonyl (C=O) groups is 1. The Hall–Kier alpha value is -0.220. The van der Waals surface area contributed by atoms with Gasteiger partial charge in [0, 0.05) is 5.25 Å². The average Bonchev–Trinajstić information content (AvgIpc) is 2.22. The summed E-state index contributed by atoms with van der Waals surface area (Å²) in [6.45, 7) is 7.34. The highest BCUT2D eigenvalue weighted by molar-refractivity contribution is 7.99. The number of primary amides is 1. The monoisotopic (exact) mass is 232 g/mol. The van der Waals surface area contributed by atoms with E-state index in [-0.39, 0.29) is 11.9 Å². The molecule has 0 saturated heterocycles. The number of thioether (sulfide) groups is 1. The summed E-state index contributed by atoms with van der Waals surface area (Å²) in [6.07, 6.45) is 3.04. The molecule has 0 spiro atoms. The summed E-state index contributed by atoms with van der Waals surface area (Å²) >= 11 is 1.91. The predicted molar refractivity (Wildman–Crippen MR) is 68.1 cm³/mol. The molecule has 4 heteroatoms. The van der Waals surface area contributed by atoms with Gasteiger partial charge in [-0.3, -0.25) is 4.79 Å². The van der Waals surface area contributed by atoms with Crippen LogP contribution in [0.3, 0.4) is 0 Å². The predicted octanol–water partition coefficient (Wildman–Crippen LogP) is 1.76. The minimum atomic E-state index is -0.229. The van der Waals surface area contributed by atoms with Gasteiger partial charge in [0.1, 0.15) is 0 Å². The lowest BCUT2D eigenvalue weighted by Crippen LogP contribution is -2.42. The molecule has 0 saturated carbocycles. The summed E-state index contributed by atoms with van der Waals surface area (Å²) in [5.74, 6) is 0.771. The molecule has 2 unspecified atom stereocenters.